The van der Waals surface area contributed by atoms with E-state index in [1.807, 2.05) is 24.3 Å². The van der Waals surface area contributed by atoms with E-state index in [2.05, 4.69) is 70.5 Å². The number of hydrogen-bond donors (Lipinski definition) is 0. The first-order valence-corrected chi connectivity index (χ1v) is 13.2. The van der Waals surface area contributed by atoms with E-state index in [0.717, 1.165) is 31.7 Å². The predicted molar refractivity (Wildman–Crippen MR) is 167 cm³/mol. The topological polar surface area (TPSA) is 51.2 Å². The maximum absolute atomic E-state index is 13.0. The van der Waals surface area contributed by atoms with Gasteiger partial charge in [-0.25, -0.2) is 4.79 Å². The lowest BCUT2D eigenvalue weighted by atomic mass is 9.96. The van der Waals surface area contributed by atoms with Crippen molar-refractivity contribution in [1.29, 1.82) is 0 Å². The molecule has 0 spiro atoms. The molecule has 1 aliphatic heterocycles. The summed E-state index contributed by atoms with van der Waals surface area (Å²) < 4.78 is 16.5. The van der Waals surface area contributed by atoms with Gasteiger partial charge in [-0.15, -0.1) is 24.8 Å². The Hall–Kier alpha value is -3.55. The summed E-state index contributed by atoms with van der Waals surface area (Å²) in [5.41, 5.74) is 4.01. The van der Waals surface area contributed by atoms with Gasteiger partial charge in [0.15, 0.2) is 11.5 Å². The Balaban J connectivity index is 0.00000231. The first-order chi connectivity index (χ1) is 19.2. The number of para-hydroxylation sites is 1. The second-order valence-corrected chi connectivity index (χ2v) is 9.60. The summed E-state index contributed by atoms with van der Waals surface area (Å²) in [7, 11) is 3.11. The maximum atomic E-state index is 13.0. The van der Waals surface area contributed by atoms with Crippen LogP contribution < -0.4 is 14.2 Å². The van der Waals surface area contributed by atoms with Crippen LogP contribution in [-0.2, 0) is 6.54 Å². The number of carbonyl (C=O) groups excluding carboxylic acids is 1. The van der Waals surface area contributed by atoms with Gasteiger partial charge in [-0.05, 0) is 35.4 Å². The smallest absolute Gasteiger partial charge is 0.343 e. The molecule has 8 heteroatoms. The van der Waals surface area contributed by atoms with Crippen molar-refractivity contribution in [1.82, 2.24) is 9.80 Å². The number of methoxy groups -OCH3 is 2. The Kier molecular flexibility index (Phi) is 12.0. The molecule has 0 amide bonds. The summed E-state index contributed by atoms with van der Waals surface area (Å²) in [4.78, 5) is 18.0. The van der Waals surface area contributed by atoms with Crippen LogP contribution in [0.1, 0.15) is 33.1 Å². The van der Waals surface area contributed by atoms with Crippen molar-refractivity contribution < 1.29 is 19.0 Å². The van der Waals surface area contributed by atoms with E-state index in [0.29, 0.717) is 29.4 Å². The van der Waals surface area contributed by atoms with Crippen molar-refractivity contribution >= 4 is 30.8 Å². The van der Waals surface area contributed by atoms with Crippen LogP contribution in [0.2, 0.25) is 0 Å². The number of ether oxygens (including phenoxy) is 3. The molecule has 0 saturated carbocycles. The molecule has 0 unspecified atom stereocenters. The van der Waals surface area contributed by atoms with Crippen molar-refractivity contribution in [2.45, 2.75) is 12.6 Å². The zero-order chi connectivity index (χ0) is 27.0. The molecule has 0 bridgehead atoms. The van der Waals surface area contributed by atoms with E-state index in [-0.39, 0.29) is 30.9 Å². The van der Waals surface area contributed by atoms with Crippen LogP contribution >= 0.6 is 24.8 Å². The lowest BCUT2D eigenvalue weighted by Crippen LogP contribution is -2.47. The SMILES string of the molecule is COc1ccc(C(=O)Oc2ccccc2CN2CCN(C(c3ccccc3)c3ccccc3)CC2)cc1OC.Cl.Cl. The minimum Gasteiger partial charge on any atom is -0.493 e. The van der Waals surface area contributed by atoms with Crippen LogP contribution in [0.3, 0.4) is 0 Å². The van der Waals surface area contributed by atoms with Crippen molar-refractivity contribution in [2.75, 3.05) is 40.4 Å². The molecule has 216 valence electrons. The third-order valence-electron chi connectivity index (χ3n) is 7.19. The summed E-state index contributed by atoms with van der Waals surface area (Å²) in [6.45, 7) is 4.46. The number of rotatable bonds is 9. The van der Waals surface area contributed by atoms with E-state index >= 15 is 0 Å². The number of piperazine rings is 1. The molecule has 4 aromatic carbocycles. The maximum Gasteiger partial charge on any atom is 0.343 e. The van der Waals surface area contributed by atoms with E-state index in [4.69, 9.17) is 14.2 Å². The number of carbonyl (C=O) groups is 1. The molecule has 1 heterocycles. The summed E-state index contributed by atoms with van der Waals surface area (Å²) >= 11 is 0. The first kappa shape index (κ1) is 32.0. The number of halogens is 2. The molecular weight excluding hydrogens is 559 g/mol. The largest absolute Gasteiger partial charge is 0.493 e. The second kappa shape index (κ2) is 15.5. The van der Waals surface area contributed by atoms with Crippen molar-refractivity contribution in [3.8, 4) is 17.2 Å². The second-order valence-electron chi connectivity index (χ2n) is 9.60. The van der Waals surface area contributed by atoms with Crippen LogP contribution in [0.5, 0.6) is 17.2 Å². The van der Waals surface area contributed by atoms with Crippen LogP contribution in [0.25, 0.3) is 0 Å². The van der Waals surface area contributed by atoms with Gasteiger partial charge >= 0.3 is 5.97 Å². The Labute approximate surface area is 254 Å². The predicted octanol–water partition coefficient (Wildman–Crippen LogP) is 6.67. The molecule has 1 aliphatic rings. The molecule has 1 fully saturated rings. The number of benzene rings is 4. The van der Waals surface area contributed by atoms with E-state index in [9.17, 15) is 4.79 Å². The first-order valence-electron chi connectivity index (χ1n) is 13.2. The Morgan fingerprint density at radius 1 is 0.683 bits per heavy atom. The van der Waals surface area contributed by atoms with Crippen molar-refractivity contribution in [3.63, 3.8) is 0 Å². The van der Waals surface area contributed by atoms with Gasteiger partial charge in [0, 0.05) is 38.3 Å². The van der Waals surface area contributed by atoms with Gasteiger partial charge in [-0.3, -0.25) is 9.80 Å². The number of esters is 1. The third kappa shape index (κ3) is 7.80. The molecule has 0 N–H and O–H groups in total. The van der Waals surface area contributed by atoms with Gasteiger partial charge in [-0.2, -0.15) is 0 Å². The van der Waals surface area contributed by atoms with Crippen LogP contribution in [-0.4, -0.2) is 56.2 Å². The highest BCUT2D eigenvalue weighted by Crippen LogP contribution is 2.31. The molecule has 0 aromatic heterocycles. The summed E-state index contributed by atoms with van der Waals surface area (Å²) in [6.07, 6.45) is 0. The Morgan fingerprint density at radius 2 is 1.24 bits per heavy atom. The summed E-state index contributed by atoms with van der Waals surface area (Å²) in [5, 5.41) is 0. The van der Waals surface area contributed by atoms with E-state index in [1.165, 1.54) is 11.1 Å². The molecule has 5 rings (SSSR count). The Morgan fingerprint density at radius 3 is 1.83 bits per heavy atom. The Bertz CT molecular complexity index is 1340. The fourth-order valence-corrected chi connectivity index (χ4v) is 5.16. The zero-order valence-corrected chi connectivity index (χ0v) is 24.9. The highest BCUT2D eigenvalue weighted by molar-refractivity contribution is 5.92. The molecule has 41 heavy (non-hydrogen) atoms. The molecule has 0 radical (unpaired) electrons. The van der Waals surface area contributed by atoms with Crippen LogP contribution in [0, 0.1) is 0 Å². The van der Waals surface area contributed by atoms with Gasteiger partial charge < -0.3 is 14.2 Å². The highest BCUT2D eigenvalue weighted by Gasteiger charge is 2.27. The van der Waals surface area contributed by atoms with Crippen LogP contribution in [0.15, 0.2) is 103 Å². The molecule has 6 nitrogen and oxygen atoms in total. The lowest BCUT2D eigenvalue weighted by Gasteiger charge is -2.40. The van der Waals surface area contributed by atoms with Crippen LogP contribution in [0.4, 0.5) is 0 Å². The number of hydrogen-bond acceptors (Lipinski definition) is 6. The minimum absolute atomic E-state index is 0. The third-order valence-corrected chi connectivity index (χ3v) is 7.19. The summed E-state index contributed by atoms with van der Waals surface area (Å²) in [6, 6.07) is 34.5. The van der Waals surface area contributed by atoms with Gasteiger partial charge in [0.1, 0.15) is 5.75 Å². The molecule has 1 saturated heterocycles. The van der Waals surface area contributed by atoms with E-state index < -0.39 is 5.97 Å². The van der Waals surface area contributed by atoms with Gasteiger partial charge in [0.05, 0.1) is 25.8 Å². The molecule has 0 aliphatic carbocycles. The number of nitrogens with zero attached hydrogens (tertiary/aromatic N) is 2. The highest BCUT2D eigenvalue weighted by atomic mass is 35.5. The average Bonchev–Trinajstić information content (AvgIpc) is 3.00. The normalized spacial score (nSPS) is 13.5. The van der Waals surface area contributed by atoms with Gasteiger partial charge in [-0.1, -0.05) is 78.9 Å². The molecular formula is C33H36Cl2N2O4. The minimum atomic E-state index is -0.429. The quantitative estimate of drug-likeness (QED) is 0.159. The van der Waals surface area contributed by atoms with Gasteiger partial charge in [0.2, 0.25) is 0 Å². The standard InChI is InChI=1S/C33H34N2O4.2ClH/c1-37-30-18-17-27(23-31(30)38-2)33(36)39-29-16-10-9-15-28(29)24-34-19-21-35(22-20-34)32(25-11-5-3-6-12-25)26-13-7-4-8-14-26;;/h3-18,23,32H,19-22,24H2,1-2H3;2*1H. The molecule has 4 aromatic rings. The fourth-order valence-electron chi connectivity index (χ4n) is 5.16. The summed E-state index contributed by atoms with van der Waals surface area (Å²) in [5.74, 6) is 1.20. The average molecular weight is 596 g/mol. The van der Waals surface area contributed by atoms with Crippen molar-refractivity contribution in [2.24, 2.45) is 0 Å². The zero-order valence-electron chi connectivity index (χ0n) is 23.3. The van der Waals surface area contributed by atoms with E-state index in [1.54, 1.807) is 32.4 Å². The van der Waals surface area contributed by atoms with Gasteiger partial charge in [0.25, 0.3) is 0 Å². The lowest BCUT2D eigenvalue weighted by molar-refractivity contribution is 0.0727. The molecule has 0 atom stereocenters. The monoisotopic (exact) mass is 594 g/mol. The fraction of sp³-hybridized carbons (Fsp3) is 0.242. The van der Waals surface area contributed by atoms with Crippen molar-refractivity contribution in [3.05, 3.63) is 125 Å².